The fourth-order valence-electron chi connectivity index (χ4n) is 2.75. The number of rotatable bonds is 5. The van der Waals surface area contributed by atoms with Crippen LogP contribution >= 0.6 is 0 Å². The van der Waals surface area contributed by atoms with E-state index < -0.39 is 0 Å². The van der Waals surface area contributed by atoms with Crippen molar-refractivity contribution in [3.8, 4) is 5.75 Å². The third-order valence-electron chi connectivity index (χ3n) is 4.13. The number of benzene rings is 2. The molecule has 0 bridgehead atoms. The minimum atomic E-state index is -0.165. The molecule has 1 unspecified atom stereocenters. The molecule has 1 aliphatic rings. The van der Waals surface area contributed by atoms with Crippen LogP contribution in [0.1, 0.15) is 17.5 Å². The fraction of sp³-hybridized carbons (Fsp3) is 0.316. The number of ether oxygens (including phenoxy) is 1. The first-order chi connectivity index (χ1) is 11.1. The number of amides is 1. The van der Waals surface area contributed by atoms with Crippen molar-refractivity contribution in [1.82, 2.24) is 4.90 Å². The number of nitrogens with zero attached hydrogens (tertiary/aromatic N) is 1. The van der Waals surface area contributed by atoms with Gasteiger partial charge in [-0.05, 0) is 36.6 Å². The molecule has 1 saturated heterocycles. The van der Waals surface area contributed by atoms with E-state index >= 15 is 0 Å². The van der Waals surface area contributed by atoms with Crippen molar-refractivity contribution in [3.63, 3.8) is 0 Å². The molecule has 3 rings (SSSR count). The zero-order valence-corrected chi connectivity index (χ0v) is 13.6. The Labute approximate surface area is 137 Å². The van der Waals surface area contributed by atoms with E-state index in [9.17, 15) is 4.79 Å². The number of carbonyl (C=O) groups excluding carboxylic acids is 1. The van der Waals surface area contributed by atoms with Gasteiger partial charge in [-0.15, -0.1) is 0 Å². The van der Waals surface area contributed by atoms with Crippen LogP contribution in [0.15, 0.2) is 48.5 Å². The highest BCUT2D eigenvalue weighted by Crippen LogP contribution is 2.28. The van der Waals surface area contributed by atoms with Gasteiger partial charge in [0.15, 0.2) is 0 Å². The predicted octanol–water partition coefficient (Wildman–Crippen LogP) is 3.22. The van der Waals surface area contributed by atoms with Crippen molar-refractivity contribution in [2.75, 3.05) is 18.9 Å². The maximum absolute atomic E-state index is 12.1. The van der Waals surface area contributed by atoms with Crippen LogP contribution in [0.5, 0.6) is 5.75 Å². The second-order valence-electron chi connectivity index (χ2n) is 6.02. The molecule has 1 amide bonds. The van der Waals surface area contributed by atoms with Crippen molar-refractivity contribution < 1.29 is 9.53 Å². The van der Waals surface area contributed by atoms with Crippen molar-refractivity contribution in [2.24, 2.45) is 0 Å². The second kappa shape index (κ2) is 6.73. The summed E-state index contributed by atoms with van der Waals surface area (Å²) in [5.41, 5.74) is 3.13. The Morgan fingerprint density at radius 2 is 2.00 bits per heavy atom. The molecule has 1 N–H and O–H groups in total. The first-order valence-corrected chi connectivity index (χ1v) is 7.92. The number of hydrogen-bond donors (Lipinski definition) is 1. The van der Waals surface area contributed by atoms with Crippen LogP contribution in [0.4, 0.5) is 5.69 Å². The highest BCUT2D eigenvalue weighted by molar-refractivity contribution is 5.87. The number of nitrogens with one attached hydrogen (secondary N) is 1. The molecule has 2 aromatic rings. The van der Waals surface area contributed by atoms with Gasteiger partial charge in [-0.3, -0.25) is 4.79 Å². The molecule has 0 saturated carbocycles. The van der Waals surface area contributed by atoms with E-state index in [0.29, 0.717) is 6.61 Å². The smallest absolute Gasteiger partial charge is 0.244 e. The van der Waals surface area contributed by atoms with Gasteiger partial charge >= 0.3 is 0 Å². The van der Waals surface area contributed by atoms with E-state index in [2.05, 4.69) is 5.32 Å². The fourth-order valence-corrected chi connectivity index (χ4v) is 2.75. The predicted molar refractivity (Wildman–Crippen MR) is 91.6 cm³/mol. The van der Waals surface area contributed by atoms with Gasteiger partial charge in [-0.25, -0.2) is 0 Å². The summed E-state index contributed by atoms with van der Waals surface area (Å²) in [4.78, 5) is 13.9. The van der Waals surface area contributed by atoms with Gasteiger partial charge in [0, 0.05) is 13.6 Å². The Morgan fingerprint density at radius 3 is 2.70 bits per heavy atom. The molecule has 0 aromatic heterocycles. The third-order valence-corrected chi connectivity index (χ3v) is 4.13. The first kappa shape index (κ1) is 15.4. The Bertz CT molecular complexity index is 685. The molecule has 4 nitrogen and oxygen atoms in total. The molecule has 1 aliphatic heterocycles. The number of likely N-dealkylation sites (N-methyl/N-ethyl adjacent to an activating group) is 1. The molecular formula is C19H22N2O2. The van der Waals surface area contributed by atoms with E-state index in [0.717, 1.165) is 35.5 Å². The Balaban J connectivity index is 1.74. The first-order valence-electron chi connectivity index (χ1n) is 7.92. The average molecular weight is 310 g/mol. The van der Waals surface area contributed by atoms with Crippen molar-refractivity contribution in [3.05, 3.63) is 59.7 Å². The van der Waals surface area contributed by atoms with Crippen LogP contribution in [0.3, 0.4) is 0 Å². The van der Waals surface area contributed by atoms with Gasteiger partial charge < -0.3 is 15.0 Å². The summed E-state index contributed by atoms with van der Waals surface area (Å²) in [5, 5.41) is 3.34. The van der Waals surface area contributed by atoms with Crippen molar-refractivity contribution >= 4 is 11.6 Å². The SMILES string of the molecule is Cc1ccc(NC2CCN(C)C2=O)c(OCc2ccccc2)c1. The van der Waals surface area contributed by atoms with Crippen LogP contribution in [0.25, 0.3) is 0 Å². The zero-order valence-electron chi connectivity index (χ0n) is 13.6. The molecule has 0 radical (unpaired) electrons. The lowest BCUT2D eigenvalue weighted by atomic mass is 10.1. The zero-order chi connectivity index (χ0) is 16.2. The van der Waals surface area contributed by atoms with Crippen LogP contribution in [0, 0.1) is 6.92 Å². The minimum Gasteiger partial charge on any atom is -0.487 e. The quantitative estimate of drug-likeness (QED) is 0.922. The second-order valence-corrected chi connectivity index (χ2v) is 6.02. The number of carbonyl (C=O) groups is 1. The molecule has 4 heteroatoms. The topological polar surface area (TPSA) is 41.6 Å². The summed E-state index contributed by atoms with van der Waals surface area (Å²) < 4.78 is 5.99. The monoisotopic (exact) mass is 310 g/mol. The lowest BCUT2D eigenvalue weighted by molar-refractivity contribution is -0.127. The highest BCUT2D eigenvalue weighted by atomic mass is 16.5. The van der Waals surface area contributed by atoms with Crippen LogP contribution in [-0.2, 0) is 11.4 Å². The summed E-state index contributed by atoms with van der Waals surface area (Å²) in [5.74, 6) is 0.927. The molecule has 1 atom stereocenters. The largest absolute Gasteiger partial charge is 0.487 e. The van der Waals surface area contributed by atoms with Crippen molar-refractivity contribution in [2.45, 2.75) is 26.0 Å². The van der Waals surface area contributed by atoms with E-state index in [4.69, 9.17) is 4.74 Å². The molecule has 23 heavy (non-hydrogen) atoms. The lowest BCUT2D eigenvalue weighted by Crippen LogP contribution is -2.31. The number of likely N-dealkylation sites (tertiary alicyclic amines) is 1. The molecule has 1 heterocycles. The lowest BCUT2D eigenvalue weighted by Gasteiger charge is -2.17. The van der Waals surface area contributed by atoms with E-state index in [-0.39, 0.29) is 11.9 Å². The molecule has 120 valence electrons. The Hall–Kier alpha value is -2.49. The summed E-state index contributed by atoms with van der Waals surface area (Å²) in [7, 11) is 1.84. The molecule has 1 fully saturated rings. The molecule has 0 aliphatic carbocycles. The van der Waals surface area contributed by atoms with Crippen molar-refractivity contribution in [1.29, 1.82) is 0 Å². The van der Waals surface area contributed by atoms with Gasteiger partial charge in [0.25, 0.3) is 0 Å². The summed E-state index contributed by atoms with van der Waals surface area (Å²) in [6.45, 7) is 3.34. The van der Waals surface area contributed by atoms with Crippen LogP contribution in [0.2, 0.25) is 0 Å². The van der Waals surface area contributed by atoms with E-state index in [1.165, 1.54) is 0 Å². The van der Waals surface area contributed by atoms with Crippen LogP contribution in [-0.4, -0.2) is 30.4 Å². The van der Waals surface area contributed by atoms with E-state index in [1.54, 1.807) is 4.90 Å². The number of anilines is 1. The molecular weight excluding hydrogens is 288 g/mol. The maximum Gasteiger partial charge on any atom is 0.244 e. The van der Waals surface area contributed by atoms with Crippen LogP contribution < -0.4 is 10.1 Å². The summed E-state index contributed by atoms with van der Waals surface area (Å²) in [6.07, 6.45) is 0.821. The average Bonchev–Trinajstić information content (AvgIpc) is 2.88. The Morgan fingerprint density at radius 1 is 1.22 bits per heavy atom. The standard InChI is InChI=1S/C19H22N2O2/c1-14-8-9-16(20-17-10-11-21(2)19(17)22)18(12-14)23-13-15-6-4-3-5-7-15/h3-9,12,17,20H,10-11,13H2,1-2H3. The van der Waals surface area contributed by atoms with Gasteiger partial charge in [0.05, 0.1) is 5.69 Å². The molecule has 0 spiro atoms. The van der Waals surface area contributed by atoms with Gasteiger partial charge in [-0.2, -0.15) is 0 Å². The Kier molecular flexibility index (Phi) is 4.51. The van der Waals surface area contributed by atoms with Gasteiger partial charge in [0.1, 0.15) is 18.4 Å². The normalized spacial score (nSPS) is 17.4. The van der Waals surface area contributed by atoms with E-state index in [1.807, 2.05) is 62.5 Å². The van der Waals surface area contributed by atoms with Gasteiger partial charge in [0.2, 0.25) is 5.91 Å². The highest BCUT2D eigenvalue weighted by Gasteiger charge is 2.29. The number of hydrogen-bond acceptors (Lipinski definition) is 3. The maximum atomic E-state index is 12.1. The minimum absolute atomic E-state index is 0.139. The summed E-state index contributed by atoms with van der Waals surface area (Å²) >= 11 is 0. The third kappa shape index (κ3) is 3.65. The number of aryl methyl sites for hydroxylation is 1. The molecule has 2 aromatic carbocycles. The summed E-state index contributed by atoms with van der Waals surface area (Å²) in [6, 6.07) is 15.9. The van der Waals surface area contributed by atoms with Gasteiger partial charge in [-0.1, -0.05) is 36.4 Å².